The number of carbonyl (C=O) groups is 2. The number of rotatable bonds is 8. The molecule has 2 aromatic carbocycles. The molecule has 1 atom stereocenters. The average Bonchev–Trinajstić information content (AvgIpc) is 3.16. The van der Waals surface area contributed by atoms with Crippen LogP contribution >= 0.6 is 11.3 Å². The third-order valence-corrected chi connectivity index (χ3v) is 6.68. The minimum absolute atomic E-state index is 0.0172. The zero-order valence-electron chi connectivity index (χ0n) is 20.5. The number of nitrogens with one attached hydrogen (secondary N) is 2. The van der Waals surface area contributed by atoms with Crippen molar-refractivity contribution in [2.75, 3.05) is 5.32 Å². The molecule has 0 aliphatic rings. The first kappa shape index (κ1) is 24.9. The minimum Gasteiger partial charge on any atom is -0.340 e. The molecule has 0 saturated carbocycles. The zero-order chi connectivity index (χ0) is 24.2. The quantitative estimate of drug-likeness (QED) is 0.408. The topological polar surface area (TPSA) is 71.1 Å². The summed E-state index contributed by atoms with van der Waals surface area (Å²) in [6.07, 6.45) is 3.36. The summed E-state index contributed by atoms with van der Waals surface area (Å²) in [5, 5.41) is 6.37. The molecular weight excluding hydrogens is 430 g/mol. The molecule has 0 aliphatic carbocycles. The molecule has 1 unspecified atom stereocenters. The van der Waals surface area contributed by atoms with E-state index < -0.39 is 6.04 Å². The van der Waals surface area contributed by atoms with Crippen LogP contribution in [0.15, 0.2) is 42.5 Å². The molecule has 3 aromatic rings. The second-order valence-electron chi connectivity index (χ2n) is 9.94. The number of anilines is 1. The number of nitrogens with zero attached hydrogens (tertiary/aromatic N) is 1. The summed E-state index contributed by atoms with van der Waals surface area (Å²) in [6, 6.07) is 13.2. The van der Waals surface area contributed by atoms with E-state index in [-0.39, 0.29) is 23.1 Å². The summed E-state index contributed by atoms with van der Waals surface area (Å²) in [5.74, 6) is -0.582. The fraction of sp³-hybridized carbons (Fsp3) is 0.444. The molecule has 3 rings (SSSR count). The van der Waals surface area contributed by atoms with E-state index in [2.05, 4.69) is 55.4 Å². The van der Waals surface area contributed by atoms with Crippen LogP contribution in [0.3, 0.4) is 0 Å². The molecule has 33 heavy (non-hydrogen) atoms. The monoisotopic (exact) mass is 465 g/mol. The SMILES string of the molecule is CCCCc1ccc2nc(NC(=O)C(NC(=O)c3ccc(C(C)(C)C)cc3)C(C)C)sc2c1. The molecule has 2 N–H and O–H groups in total. The second kappa shape index (κ2) is 10.5. The summed E-state index contributed by atoms with van der Waals surface area (Å²) in [6.45, 7) is 12.4. The van der Waals surface area contributed by atoms with Gasteiger partial charge >= 0.3 is 0 Å². The first-order valence-corrected chi connectivity index (χ1v) is 12.5. The van der Waals surface area contributed by atoms with Crippen LogP contribution in [-0.4, -0.2) is 22.8 Å². The van der Waals surface area contributed by atoms with Gasteiger partial charge in [-0.15, -0.1) is 0 Å². The predicted molar refractivity (Wildman–Crippen MR) is 138 cm³/mol. The smallest absolute Gasteiger partial charge is 0.251 e. The summed E-state index contributed by atoms with van der Waals surface area (Å²) in [4.78, 5) is 30.4. The number of hydrogen-bond donors (Lipinski definition) is 2. The molecule has 176 valence electrons. The van der Waals surface area contributed by atoms with E-state index in [0.29, 0.717) is 10.7 Å². The molecule has 1 heterocycles. The molecule has 2 amide bonds. The molecule has 0 fully saturated rings. The predicted octanol–water partition coefficient (Wildman–Crippen LogP) is 6.33. The fourth-order valence-electron chi connectivity index (χ4n) is 3.62. The first-order valence-electron chi connectivity index (χ1n) is 11.7. The van der Waals surface area contributed by atoms with Crippen molar-refractivity contribution >= 4 is 38.5 Å². The van der Waals surface area contributed by atoms with Gasteiger partial charge in [-0.1, -0.05) is 77.5 Å². The number of benzene rings is 2. The van der Waals surface area contributed by atoms with E-state index in [1.54, 1.807) is 0 Å². The Morgan fingerprint density at radius 2 is 1.76 bits per heavy atom. The van der Waals surface area contributed by atoms with Gasteiger partial charge in [-0.3, -0.25) is 9.59 Å². The van der Waals surface area contributed by atoms with Crippen molar-refractivity contribution < 1.29 is 9.59 Å². The number of carbonyl (C=O) groups excluding carboxylic acids is 2. The highest BCUT2D eigenvalue weighted by Crippen LogP contribution is 2.28. The van der Waals surface area contributed by atoms with Crippen LogP contribution in [0.25, 0.3) is 10.2 Å². The molecule has 0 radical (unpaired) electrons. The maximum Gasteiger partial charge on any atom is 0.251 e. The van der Waals surface area contributed by atoms with E-state index in [0.717, 1.165) is 35.0 Å². The summed E-state index contributed by atoms with van der Waals surface area (Å²) >= 11 is 1.47. The standard InChI is InChI=1S/C27H35N3O2S/c1-7-8-9-18-10-15-21-22(16-18)33-26(28-21)30-25(32)23(17(2)3)29-24(31)19-11-13-20(14-12-19)27(4,5)6/h10-17,23H,7-9H2,1-6H3,(H,29,31)(H,28,30,32). The van der Waals surface area contributed by atoms with Gasteiger partial charge in [-0.05, 0) is 59.6 Å². The zero-order valence-corrected chi connectivity index (χ0v) is 21.3. The third kappa shape index (κ3) is 6.41. The number of aryl methyl sites for hydroxylation is 1. The Kier molecular flexibility index (Phi) is 7.90. The van der Waals surface area contributed by atoms with Crippen LogP contribution in [0.4, 0.5) is 5.13 Å². The van der Waals surface area contributed by atoms with Crippen LogP contribution in [0.5, 0.6) is 0 Å². The Morgan fingerprint density at radius 3 is 2.36 bits per heavy atom. The van der Waals surface area contributed by atoms with Crippen molar-refractivity contribution in [3.63, 3.8) is 0 Å². The van der Waals surface area contributed by atoms with E-state index in [4.69, 9.17) is 0 Å². The highest BCUT2D eigenvalue weighted by atomic mass is 32.1. The van der Waals surface area contributed by atoms with Crippen molar-refractivity contribution in [3.8, 4) is 0 Å². The lowest BCUT2D eigenvalue weighted by Crippen LogP contribution is -2.47. The number of thiazole rings is 1. The maximum atomic E-state index is 13.0. The number of hydrogen-bond acceptors (Lipinski definition) is 4. The second-order valence-corrected chi connectivity index (χ2v) is 11.0. The van der Waals surface area contributed by atoms with Crippen molar-refractivity contribution in [1.82, 2.24) is 10.3 Å². The first-order chi connectivity index (χ1) is 15.6. The van der Waals surface area contributed by atoms with Gasteiger partial charge in [-0.25, -0.2) is 4.98 Å². The third-order valence-electron chi connectivity index (χ3n) is 5.75. The van der Waals surface area contributed by atoms with Crippen LogP contribution < -0.4 is 10.6 Å². The Labute approximate surface area is 201 Å². The van der Waals surface area contributed by atoms with Crippen LogP contribution in [0, 0.1) is 5.92 Å². The maximum absolute atomic E-state index is 13.0. The van der Waals surface area contributed by atoms with Gasteiger partial charge in [0.25, 0.3) is 5.91 Å². The molecule has 0 bridgehead atoms. The van der Waals surface area contributed by atoms with E-state index in [1.807, 2.05) is 44.2 Å². The number of unbranched alkanes of at least 4 members (excludes halogenated alkanes) is 1. The highest BCUT2D eigenvalue weighted by molar-refractivity contribution is 7.22. The van der Waals surface area contributed by atoms with Gasteiger partial charge in [0, 0.05) is 5.56 Å². The molecule has 6 heteroatoms. The van der Waals surface area contributed by atoms with E-state index in [1.165, 1.54) is 16.9 Å². The van der Waals surface area contributed by atoms with Crippen LogP contribution in [0.2, 0.25) is 0 Å². The van der Waals surface area contributed by atoms with E-state index >= 15 is 0 Å². The van der Waals surface area contributed by atoms with Gasteiger partial charge in [0.2, 0.25) is 5.91 Å². The lowest BCUT2D eigenvalue weighted by molar-refractivity contribution is -0.118. The number of aromatic nitrogens is 1. The Morgan fingerprint density at radius 1 is 1.06 bits per heavy atom. The van der Waals surface area contributed by atoms with Gasteiger partial charge in [0.05, 0.1) is 10.2 Å². The molecule has 0 aliphatic heterocycles. The van der Waals surface area contributed by atoms with Crippen LogP contribution in [0.1, 0.15) is 75.9 Å². The minimum atomic E-state index is -0.660. The summed E-state index contributed by atoms with van der Waals surface area (Å²) < 4.78 is 1.06. The summed E-state index contributed by atoms with van der Waals surface area (Å²) in [7, 11) is 0. The highest BCUT2D eigenvalue weighted by Gasteiger charge is 2.26. The van der Waals surface area contributed by atoms with Gasteiger partial charge in [0.15, 0.2) is 5.13 Å². The molecule has 1 aromatic heterocycles. The van der Waals surface area contributed by atoms with Gasteiger partial charge in [-0.2, -0.15) is 0 Å². The van der Waals surface area contributed by atoms with Gasteiger partial charge < -0.3 is 10.6 Å². The average molecular weight is 466 g/mol. The molecular formula is C27H35N3O2S. The fourth-order valence-corrected chi connectivity index (χ4v) is 4.56. The van der Waals surface area contributed by atoms with E-state index in [9.17, 15) is 9.59 Å². The Bertz CT molecular complexity index is 1110. The van der Waals surface area contributed by atoms with Crippen molar-refractivity contribution in [2.24, 2.45) is 5.92 Å². The number of fused-ring (bicyclic) bond motifs is 1. The molecule has 0 spiro atoms. The largest absolute Gasteiger partial charge is 0.340 e. The van der Waals surface area contributed by atoms with Crippen LogP contribution in [-0.2, 0) is 16.6 Å². The molecule has 5 nitrogen and oxygen atoms in total. The lowest BCUT2D eigenvalue weighted by atomic mass is 9.86. The van der Waals surface area contributed by atoms with Crippen molar-refractivity contribution in [2.45, 2.75) is 72.3 Å². The molecule has 0 saturated heterocycles. The Hall–Kier alpha value is -2.73. The normalized spacial score (nSPS) is 12.7. The van der Waals surface area contributed by atoms with Crippen molar-refractivity contribution in [3.05, 3.63) is 59.2 Å². The summed E-state index contributed by atoms with van der Waals surface area (Å²) in [5.41, 5.74) is 3.88. The number of amides is 2. The van der Waals surface area contributed by atoms with Crippen molar-refractivity contribution in [1.29, 1.82) is 0 Å². The lowest BCUT2D eigenvalue weighted by Gasteiger charge is -2.22. The Balaban J connectivity index is 1.70. The van der Waals surface area contributed by atoms with Gasteiger partial charge in [0.1, 0.15) is 6.04 Å².